The van der Waals surface area contributed by atoms with Crippen LogP contribution in [0.2, 0.25) is 0 Å². The summed E-state index contributed by atoms with van der Waals surface area (Å²) in [6.07, 6.45) is 0.111. The Balaban J connectivity index is 2.66. The SMILES string of the molecule is CCOC(=O)CCCNS(=O)(=O)c1cc(F)c(F)cc1F. The largest absolute Gasteiger partial charge is 0.466 e. The molecule has 0 heterocycles. The fourth-order valence-electron chi connectivity index (χ4n) is 1.46. The quantitative estimate of drug-likeness (QED) is 0.471. The van der Waals surface area contributed by atoms with E-state index in [0.717, 1.165) is 0 Å². The van der Waals surface area contributed by atoms with Gasteiger partial charge in [-0.05, 0) is 19.4 Å². The average molecular weight is 325 g/mol. The van der Waals surface area contributed by atoms with Gasteiger partial charge in [0.05, 0.1) is 6.61 Å². The Morgan fingerprint density at radius 1 is 1.19 bits per heavy atom. The van der Waals surface area contributed by atoms with Gasteiger partial charge in [-0.25, -0.2) is 26.3 Å². The number of benzene rings is 1. The van der Waals surface area contributed by atoms with E-state index in [1.165, 1.54) is 0 Å². The molecule has 21 heavy (non-hydrogen) atoms. The number of halogens is 3. The fourth-order valence-corrected chi connectivity index (χ4v) is 2.60. The van der Waals surface area contributed by atoms with Crippen molar-refractivity contribution in [2.45, 2.75) is 24.7 Å². The number of sulfonamides is 1. The van der Waals surface area contributed by atoms with Crippen LogP contribution in [0.5, 0.6) is 0 Å². The molecule has 0 amide bonds. The van der Waals surface area contributed by atoms with Crippen molar-refractivity contribution >= 4 is 16.0 Å². The molecule has 9 heteroatoms. The van der Waals surface area contributed by atoms with Crippen LogP contribution in [0.15, 0.2) is 17.0 Å². The lowest BCUT2D eigenvalue weighted by Gasteiger charge is -2.08. The molecular formula is C12H14F3NO4S. The molecule has 0 aliphatic heterocycles. The first-order chi connectivity index (χ1) is 9.77. The summed E-state index contributed by atoms with van der Waals surface area (Å²) >= 11 is 0. The molecule has 0 aliphatic carbocycles. The number of ether oxygens (including phenoxy) is 1. The maximum Gasteiger partial charge on any atom is 0.305 e. The van der Waals surface area contributed by atoms with Crippen molar-refractivity contribution in [1.29, 1.82) is 0 Å². The highest BCUT2D eigenvalue weighted by Crippen LogP contribution is 2.18. The van der Waals surface area contributed by atoms with Crippen molar-refractivity contribution in [3.05, 3.63) is 29.6 Å². The Morgan fingerprint density at radius 3 is 2.43 bits per heavy atom. The monoisotopic (exact) mass is 325 g/mol. The summed E-state index contributed by atoms with van der Waals surface area (Å²) in [5.41, 5.74) is 0. The number of nitrogens with one attached hydrogen (secondary N) is 1. The van der Waals surface area contributed by atoms with Crippen LogP contribution >= 0.6 is 0 Å². The molecule has 0 unspecified atom stereocenters. The average Bonchev–Trinajstić information content (AvgIpc) is 2.39. The van der Waals surface area contributed by atoms with Gasteiger partial charge in [0.1, 0.15) is 10.7 Å². The van der Waals surface area contributed by atoms with Gasteiger partial charge >= 0.3 is 5.97 Å². The van der Waals surface area contributed by atoms with Crippen LogP contribution in [0.1, 0.15) is 19.8 Å². The molecule has 1 rings (SSSR count). The predicted molar refractivity (Wildman–Crippen MR) is 67.4 cm³/mol. The molecule has 0 aliphatic rings. The third-order valence-electron chi connectivity index (χ3n) is 2.42. The van der Waals surface area contributed by atoms with Gasteiger partial charge in [0, 0.05) is 19.0 Å². The second kappa shape index (κ2) is 7.41. The third kappa shape index (κ3) is 5.01. The van der Waals surface area contributed by atoms with Crippen LogP contribution in [0.25, 0.3) is 0 Å². The number of hydrogen-bond donors (Lipinski definition) is 1. The number of carbonyl (C=O) groups excluding carboxylic acids is 1. The second-order valence-corrected chi connectivity index (χ2v) is 5.74. The minimum atomic E-state index is -4.32. The smallest absolute Gasteiger partial charge is 0.305 e. The zero-order valence-electron chi connectivity index (χ0n) is 11.2. The lowest BCUT2D eigenvalue weighted by molar-refractivity contribution is -0.143. The van der Waals surface area contributed by atoms with Crippen molar-refractivity contribution in [2.24, 2.45) is 0 Å². The van der Waals surface area contributed by atoms with Crippen LogP contribution in [0, 0.1) is 17.5 Å². The van der Waals surface area contributed by atoms with Gasteiger partial charge in [0.15, 0.2) is 11.6 Å². The van der Waals surface area contributed by atoms with Gasteiger partial charge in [-0.15, -0.1) is 0 Å². The van der Waals surface area contributed by atoms with Gasteiger partial charge in [-0.1, -0.05) is 0 Å². The molecule has 1 aromatic carbocycles. The molecule has 1 aromatic rings. The molecule has 0 fully saturated rings. The topological polar surface area (TPSA) is 72.5 Å². The fraction of sp³-hybridized carbons (Fsp3) is 0.417. The zero-order chi connectivity index (χ0) is 16.0. The number of hydrogen-bond acceptors (Lipinski definition) is 4. The summed E-state index contributed by atoms with van der Waals surface area (Å²) in [5, 5.41) is 0. The summed E-state index contributed by atoms with van der Waals surface area (Å²) in [6.45, 7) is 1.68. The van der Waals surface area contributed by atoms with E-state index in [9.17, 15) is 26.4 Å². The van der Waals surface area contributed by atoms with Crippen LogP contribution in [0.4, 0.5) is 13.2 Å². The number of esters is 1. The van der Waals surface area contributed by atoms with Crippen LogP contribution < -0.4 is 4.72 Å². The second-order valence-electron chi connectivity index (χ2n) is 4.00. The molecule has 0 saturated carbocycles. The Hall–Kier alpha value is -1.61. The molecule has 118 valence electrons. The highest BCUT2D eigenvalue weighted by Gasteiger charge is 2.21. The summed E-state index contributed by atoms with van der Waals surface area (Å²) in [7, 11) is -4.32. The molecule has 0 aromatic heterocycles. The maximum atomic E-state index is 13.4. The first kappa shape index (κ1) is 17.4. The van der Waals surface area contributed by atoms with Crippen molar-refractivity contribution in [1.82, 2.24) is 4.72 Å². The zero-order valence-corrected chi connectivity index (χ0v) is 12.0. The van der Waals surface area contributed by atoms with Crippen molar-refractivity contribution < 1.29 is 31.1 Å². The molecule has 0 bridgehead atoms. The van der Waals surface area contributed by atoms with E-state index in [1.54, 1.807) is 6.92 Å². The molecule has 0 radical (unpaired) electrons. The lowest BCUT2D eigenvalue weighted by Crippen LogP contribution is -2.26. The maximum absolute atomic E-state index is 13.4. The van der Waals surface area contributed by atoms with E-state index in [1.807, 2.05) is 4.72 Å². The Morgan fingerprint density at radius 2 is 1.81 bits per heavy atom. The first-order valence-corrected chi connectivity index (χ1v) is 7.56. The lowest BCUT2D eigenvalue weighted by atomic mass is 10.3. The molecular weight excluding hydrogens is 311 g/mol. The normalized spacial score (nSPS) is 11.4. The van der Waals surface area contributed by atoms with Gasteiger partial charge < -0.3 is 4.74 Å². The van der Waals surface area contributed by atoms with Crippen LogP contribution in [0.3, 0.4) is 0 Å². The van der Waals surface area contributed by atoms with Crippen molar-refractivity contribution in [3.8, 4) is 0 Å². The molecule has 0 spiro atoms. The Bertz CT molecular complexity index is 619. The van der Waals surface area contributed by atoms with Crippen molar-refractivity contribution in [3.63, 3.8) is 0 Å². The van der Waals surface area contributed by atoms with E-state index >= 15 is 0 Å². The minimum absolute atomic E-state index is 0.0172. The minimum Gasteiger partial charge on any atom is -0.466 e. The molecule has 0 saturated heterocycles. The van der Waals surface area contributed by atoms with Gasteiger partial charge in [-0.2, -0.15) is 0 Å². The summed E-state index contributed by atoms with van der Waals surface area (Å²) < 4.78 is 69.2. The van der Waals surface area contributed by atoms with Crippen LogP contribution in [-0.2, 0) is 19.6 Å². The first-order valence-electron chi connectivity index (χ1n) is 6.07. The van der Waals surface area contributed by atoms with Crippen LogP contribution in [-0.4, -0.2) is 27.5 Å². The highest BCUT2D eigenvalue weighted by atomic mass is 32.2. The third-order valence-corrected chi connectivity index (χ3v) is 3.90. The number of rotatable bonds is 7. The van der Waals surface area contributed by atoms with Gasteiger partial charge in [-0.3, -0.25) is 4.79 Å². The summed E-state index contributed by atoms with van der Waals surface area (Å²) in [4.78, 5) is 10.0. The van der Waals surface area contributed by atoms with Gasteiger partial charge in [0.25, 0.3) is 0 Å². The molecule has 0 atom stereocenters. The Labute approximate surface area is 120 Å². The van der Waals surface area contributed by atoms with E-state index < -0.39 is 38.3 Å². The standard InChI is InChI=1S/C12H14F3NO4S/c1-2-20-12(17)4-3-5-16-21(18,19)11-7-9(14)8(13)6-10(11)15/h6-7,16H,2-5H2,1H3. The number of carbonyl (C=O) groups is 1. The van der Waals surface area contributed by atoms with E-state index in [2.05, 4.69) is 4.74 Å². The van der Waals surface area contributed by atoms with Gasteiger partial charge in [0.2, 0.25) is 10.0 Å². The molecule has 1 N–H and O–H groups in total. The van der Waals surface area contributed by atoms with E-state index in [4.69, 9.17) is 0 Å². The summed E-state index contributed by atoms with van der Waals surface area (Å²) in [5.74, 6) is -4.83. The van der Waals surface area contributed by atoms with E-state index in [0.29, 0.717) is 0 Å². The van der Waals surface area contributed by atoms with E-state index in [-0.39, 0.29) is 38.1 Å². The highest BCUT2D eigenvalue weighted by molar-refractivity contribution is 7.89. The van der Waals surface area contributed by atoms with Crippen molar-refractivity contribution in [2.75, 3.05) is 13.2 Å². The predicted octanol–water partition coefficient (Wildman–Crippen LogP) is 1.73. The summed E-state index contributed by atoms with van der Waals surface area (Å²) in [6, 6.07) is 0.418. The molecule has 5 nitrogen and oxygen atoms in total. The Kier molecular flexibility index (Phi) is 6.16.